The number of aliphatic hydroxyl groups excluding tert-OH is 1. The van der Waals surface area contributed by atoms with Crippen LogP contribution < -0.4 is 16.4 Å². The van der Waals surface area contributed by atoms with Crippen molar-refractivity contribution in [2.24, 2.45) is 0 Å². The topological polar surface area (TPSA) is 126 Å². The Bertz CT molecular complexity index is 1420. The third-order valence-corrected chi connectivity index (χ3v) is 9.28. The van der Waals surface area contributed by atoms with Gasteiger partial charge in [-0.1, -0.05) is 80.6 Å². The van der Waals surface area contributed by atoms with Gasteiger partial charge in [-0.05, 0) is 74.2 Å². The Kier molecular flexibility index (Phi) is 13.8. The number of benzene rings is 3. The Morgan fingerprint density at radius 2 is 1.38 bits per heavy atom. The van der Waals surface area contributed by atoms with E-state index in [1.165, 1.54) is 32.1 Å². The summed E-state index contributed by atoms with van der Waals surface area (Å²) in [5.74, 6) is -0.0708. The molecule has 9 heteroatoms. The van der Waals surface area contributed by atoms with Gasteiger partial charge in [-0.15, -0.1) is 0 Å². The minimum absolute atomic E-state index is 0.0181. The lowest BCUT2D eigenvalue weighted by atomic mass is 9.99. The Morgan fingerprint density at radius 3 is 2.04 bits per heavy atom. The van der Waals surface area contributed by atoms with Crippen molar-refractivity contribution in [2.45, 2.75) is 102 Å². The molecule has 2 amide bonds. The number of para-hydroxylation sites is 2. The first-order valence-corrected chi connectivity index (χ1v) is 17.7. The van der Waals surface area contributed by atoms with E-state index < -0.39 is 6.29 Å². The molecule has 258 valence electrons. The van der Waals surface area contributed by atoms with Crippen LogP contribution in [0.5, 0.6) is 0 Å². The van der Waals surface area contributed by atoms with Crippen LogP contribution in [0, 0.1) is 0 Å². The highest BCUT2D eigenvalue weighted by Crippen LogP contribution is 2.38. The molecule has 5 rings (SSSR count). The Hall–Kier alpha value is -3.76. The van der Waals surface area contributed by atoms with E-state index in [1.807, 2.05) is 60.7 Å². The van der Waals surface area contributed by atoms with E-state index in [9.17, 15) is 14.7 Å². The van der Waals surface area contributed by atoms with Gasteiger partial charge in [0.05, 0.1) is 30.2 Å². The standard InChI is InChI=1S/C39H52N4O5/c40-34-12-8-9-13-35(34)42-38(46)15-7-3-2-6-14-37(45)41-32-22-20-31(21-23-32)39-47-33(27-43-24-10-4-1-5-11-25-43)26-36(48-39)30-18-16-29(28-44)17-19-30/h8-9,12-13,16-23,33,36,39,44H,1-7,10-11,14-15,24-28,40H2,(H,41,45)(H,42,46)/t33-,36+,39+/m0/s1. The monoisotopic (exact) mass is 656 g/mol. The number of likely N-dealkylation sites (tertiary alicyclic amines) is 1. The smallest absolute Gasteiger partial charge is 0.224 e. The van der Waals surface area contributed by atoms with E-state index in [-0.39, 0.29) is 30.6 Å². The fourth-order valence-corrected chi connectivity index (χ4v) is 6.51. The Balaban J connectivity index is 1.08. The SMILES string of the molecule is Nc1ccccc1NC(=O)CCCCCCC(=O)Nc1ccc([C@@H]2O[C@H](CN3CCCCCCC3)C[C@H](c3ccc(CO)cc3)O2)cc1. The maximum atomic E-state index is 12.6. The van der Waals surface area contributed by atoms with Gasteiger partial charge in [-0.2, -0.15) is 0 Å². The van der Waals surface area contributed by atoms with Crippen molar-refractivity contribution in [3.63, 3.8) is 0 Å². The van der Waals surface area contributed by atoms with Gasteiger partial charge in [0.1, 0.15) is 0 Å². The number of amides is 2. The van der Waals surface area contributed by atoms with Gasteiger partial charge < -0.3 is 35.8 Å². The lowest BCUT2D eigenvalue weighted by molar-refractivity contribution is -0.253. The zero-order chi connectivity index (χ0) is 33.6. The first-order chi connectivity index (χ1) is 23.5. The highest BCUT2D eigenvalue weighted by Gasteiger charge is 2.33. The third-order valence-electron chi connectivity index (χ3n) is 9.28. The van der Waals surface area contributed by atoms with Crippen molar-refractivity contribution >= 4 is 28.9 Å². The fraction of sp³-hybridized carbons (Fsp3) is 0.487. The molecule has 0 bridgehead atoms. The molecule has 0 saturated carbocycles. The molecule has 3 aromatic rings. The maximum Gasteiger partial charge on any atom is 0.224 e. The molecule has 48 heavy (non-hydrogen) atoms. The Morgan fingerprint density at radius 1 is 0.750 bits per heavy atom. The van der Waals surface area contributed by atoms with Crippen LogP contribution in [-0.4, -0.2) is 47.6 Å². The zero-order valence-electron chi connectivity index (χ0n) is 28.1. The molecule has 2 fully saturated rings. The van der Waals surface area contributed by atoms with E-state index in [1.54, 1.807) is 12.1 Å². The van der Waals surface area contributed by atoms with E-state index in [4.69, 9.17) is 15.2 Å². The predicted octanol–water partition coefficient (Wildman–Crippen LogP) is 7.49. The summed E-state index contributed by atoms with van der Waals surface area (Å²) in [5.41, 5.74) is 10.7. The molecule has 9 nitrogen and oxygen atoms in total. The first kappa shape index (κ1) is 35.5. The molecule has 0 unspecified atom stereocenters. The summed E-state index contributed by atoms with van der Waals surface area (Å²) in [6.45, 7) is 3.12. The summed E-state index contributed by atoms with van der Waals surface area (Å²) in [5, 5.41) is 15.4. The number of anilines is 3. The highest BCUT2D eigenvalue weighted by molar-refractivity contribution is 5.93. The predicted molar refractivity (Wildman–Crippen MR) is 190 cm³/mol. The second-order valence-corrected chi connectivity index (χ2v) is 13.1. The number of hydrogen-bond acceptors (Lipinski definition) is 7. The second-order valence-electron chi connectivity index (χ2n) is 13.1. The molecule has 5 N–H and O–H groups in total. The third kappa shape index (κ3) is 11.2. The van der Waals surface area contributed by atoms with Crippen LogP contribution in [-0.2, 0) is 25.7 Å². The number of carbonyl (C=O) groups excluding carboxylic acids is 2. The number of hydrogen-bond donors (Lipinski definition) is 4. The summed E-state index contributed by atoms with van der Waals surface area (Å²) in [7, 11) is 0. The van der Waals surface area contributed by atoms with Gasteiger partial charge in [-0.3, -0.25) is 9.59 Å². The Labute approximate surface area is 285 Å². The van der Waals surface area contributed by atoms with Gasteiger partial charge in [0.15, 0.2) is 6.29 Å². The lowest BCUT2D eigenvalue weighted by Gasteiger charge is -2.38. The fourth-order valence-electron chi connectivity index (χ4n) is 6.51. The summed E-state index contributed by atoms with van der Waals surface area (Å²) in [6, 6.07) is 23.0. The molecule has 0 aromatic heterocycles. The number of nitrogens with two attached hydrogens (primary N) is 1. The van der Waals surface area contributed by atoms with Crippen molar-refractivity contribution < 1.29 is 24.2 Å². The summed E-state index contributed by atoms with van der Waals surface area (Å²) < 4.78 is 13.1. The summed E-state index contributed by atoms with van der Waals surface area (Å²) in [6.07, 6.45) is 10.7. The second kappa shape index (κ2) is 18.7. The maximum absolute atomic E-state index is 12.6. The molecule has 0 radical (unpaired) electrons. The number of nitrogens with one attached hydrogen (secondary N) is 2. The average Bonchev–Trinajstić information content (AvgIpc) is 3.09. The molecular formula is C39H52N4O5. The van der Waals surface area contributed by atoms with E-state index in [0.717, 1.165) is 74.1 Å². The largest absolute Gasteiger partial charge is 0.397 e. The van der Waals surface area contributed by atoms with E-state index >= 15 is 0 Å². The normalized spacial score (nSPS) is 20.4. The van der Waals surface area contributed by atoms with Crippen molar-refractivity contribution in [1.29, 1.82) is 0 Å². The lowest BCUT2D eigenvalue weighted by Crippen LogP contribution is -2.40. The van der Waals surface area contributed by atoms with Crippen LogP contribution in [0.2, 0.25) is 0 Å². The van der Waals surface area contributed by atoms with Crippen LogP contribution >= 0.6 is 0 Å². The van der Waals surface area contributed by atoms with E-state index in [0.29, 0.717) is 24.2 Å². The number of nitrogen functional groups attached to an aromatic ring is 1. The minimum Gasteiger partial charge on any atom is -0.397 e. The zero-order valence-corrected chi connectivity index (χ0v) is 28.1. The van der Waals surface area contributed by atoms with Gasteiger partial charge in [-0.25, -0.2) is 0 Å². The molecular weight excluding hydrogens is 604 g/mol. The van der Waals surface area contributed by atoms with Crippen molar-refractivity contribution in [1.82, 2.24) is 4.90 Å². The highest BCUT2D eigenvalue weighted by atomic mass is 16.7. The summed E-state index contributed by atoms with van der Waals surface area (Å²) in [4.78, 5) is 27.4. The molecule has 2 aliphatic rings. The molecule has 2 aliphatic heterocycles. The van der Waals surface area contributed by atoms with Crippen LogP contribution in [0.1, 0.15) is 106 Å². The first-order valence-electron chi connectivity index (χ1n) is 17.7. The molecule has 3 atom stereocenters. The number of aliphatic hydroxyl groups is 1. The summed E-state index contributed by atoms with van der Waals surface area (Å²) >= 11 is 0. The van der Waals surface area contributed by atoms with Crippen LogP contribution in [0.3, 0.4) is 0 Å². The minimum atomic E-state index is -0.516. The van der Waals surface area contributed by atoms with Crippen molar-refractivity contribution in [3.8, 4) is 0 Å². The molecule has 2 heterocycles. The molecule has 3 aromatic carbocycles. The number of carbonyl (C=O) groups is 2. The number of rotatable bonds is 14. The van der Waals surface area contributed by atoms with Gasteiger partial charge in [0.25, 0.3) is 0 Å². The van der Waals surface area contributed by atoms with Crippen molar-refractivity contribution in [3.05, 3.63) is 89.5 Å². The van der Waals surface area contributed by atoms with Crippen LogP contribution in [0.15, 0.2) is 72.8 Å². The van der Waals surface area contributed by atoms with Crippen LogP contribution in [0.25, 0.3) is 0 Å². The average molecular weight is 657 g/mol. The number of ether oxygens (including phenoxy) is 2. The van der Waals surface area contributed by atoms with Gasteiger partial charge >= 0.3 is 0 Å². The molecule has 0 spiro atoms. The number of nitrogens with zero attached hydrogens (tertiary/aromatic N) is 1. The quantitative estimate of drug-likeness (QED) is 0.105. The number of unbranched alkanes of at least 4 members (excludes halogenated alkanes) is 3. The van der Waals surface area contributed by atoms with Gasteiger partial charge in [0, 0.05) is 37.1 Å². The molecule has 2 saturated heterocycles. The van der Waals surface area contributed by atoms with Gasteiger partial charge in [0.2, 0.25) is 11.8 Å². The van der Waals surface area contributed by atoms with Crippen LogP contribution in [0.4, 0.5) is 17.1 Å². The molecule has 0 aliphatic carbocycles. The van der Waals surface area contributed by atoms with Crippen molar-refractivity contribution in [2.75, 3.05) is 36.0 Å². The van der Waals surface area contributed by atoms with E-state index in [2.05, 4.69) is 15.5 Å².